The summed E-state index contributed by atoms with van der Waals surface area (Å²) in [4.78, 5) is 40.8. The van der Waals surface area contributed by atoms with Crippen LogP contribution >= 0.6 is 0 Å². The molecule has 0 radical (unpaired) electrons. The molecule has 10 nitrogen and oxygen atoms in total. The van der Waals surface area contributed by atoms with E-state index in [1.807, 2.05) is 0 Å². The van der Waals surface area contributed by atoms with Gasteiger partial charge in [-0.2, -0.15) is 5.10 Å². The zero-order valence-corrected chi connectivity index (χ0v) is 17.4. The van der Waals surface area contributed by atoms with Gasteiger partial charge in [0.2, 0.25) is 5.91 Å². The van der Waals surface area contributed by atoms with Crippen LogP contribution in [0, 0.1) is 5.82 Å². The first-order valence-corrected chi connectivity index (χ1v) is 9.64. The Hall–Kier alpha value is -4.28. The van der Waals surface area contributed by atoms with Crippen LogP contribution in [0.4, 0.5) is 21.6 Å². The van der Waals surface area contributed by atoms with Gasteiger partial charge in [-0.25, -0.2) is 9.07 Å². The molecule has 3 rings (SSSR count). The lowest BCUT2D eigenvalue weighted by atomic mass is 10.1. The average molecular weight is 439 g/mol. The molecular weight excluding hydrogens is 417 g/mol. The first kappa shape index (κ1) is 22.4. The van der Waals surface area contributed by atoms with E-state index in [0.717, 1.165) is 0 Å². The van der Waals surface area contributed by atoms with Crippen molar-refractivity contribution in [3.63, 3.8) is 0 Å². The van der Waals surface area contributed by atoms with Gasteiger partial charge in [0.15, 0.2) is 5.69 Å². The highest BCUT2D eigenvalue weighted by Gasteiger charge is 2.26. The molecule has 0 unspecified atom stereocenters. The summed E-state index contributed by atoms with van der Waals surface area (Å²) < 4.78 is 14.3. The van der Waals surface area contributed by atoms with Crippen LogP contribution < -0.4 is 22.1 Å². The van der Waals surface area contributed by atoms with Gasteiger partial charge >= 0.3 is 0 Å². The minimum Gasteiger partial charge on any atom is -0.383 e. The monoisotopic (exact) mass is 439 g/mol. The number of nitrogens with two attached hydrogens (primary N) is 2. The van der Waals surface area contributed by atoms with Crippen molar-refractivity contribution in [3.05, 3.63) is 65.4 Å². The van der Waals surface area contributed by atoms with Gasteiger partial charge in [-0.3, -0.25) is 19.4 Å². The number of nitrogens with one attached hydrogen (secondary N) is 2. The summed E-state index contributed by atoms with van der Waals surface area (Å²) in [6.45, 7) is 3.58. The zero-order valence-electron chi connectivity index (χ0n) is 17.4. The van der Waals surface area contributed by atoms with Crippen LogP contribution in [0.5, 0.6) is 0 Å². The Morgan fingerprint density at radius 1 is 1.09 bits per heavy atom. The number of hydrogen-bond acceptors (Lipinski definition) is 6. The van der Waals surface area contributed by atoms with Crippen LogP contribution in [0.3, 0.4) is 0 Å². The first-order valence-electron chi connectivity index (χ1n) is 9.64. The van der Waals surface area contributed by atoms with Crippen LogP contribution in [-0.4, -0.2) is 32.5 Å². The second-order valence-electron chi connectivity index (χ2n) is 7.28. The van der Waals surface area contributed by atoms with Gasteiger partial charge in [0.25, 0.3) is 11.8 Å². The lowest BCUT2D eigenvalue weighted by molar-refractivity contribution is -0.115. The number of nitrogen functional groups attached to an aromatic ring is 1. The molecule has 2 aromatic heterocycles. The van der Waals surface area contributed by atoms with Crippen molar-refractivity contribution in [3.8, 4) is 0 Å². The van der Waals surface area contributed by atoms with Crippen molar-refractivity contribution in [1.82, 2.24) is 14.8 Å². The highest BCUT2D eigenvalue weighted by Crippen LogP contribution is 2.22. The maximum Gasteiger partial charge on any atom is 0.277 e. The Morgan fingerprint density at radius 3 is 2.31 bits per heavy atom. The molecule has 0 aliphatic rings. The van der Waals surface area contributed by atoms with Gasteiger partial charge in [-0.1, -0.05) is 12.1 Å². The zero-order chi connectivity index (χ0) is 23.4. The molecule has 0 aliphatic heterocycles. The Morgan fingerprint density at radius 2 is 1.72 bits per heavy atom. The first-order chi connectivity index (χ1) is 15.2. The van der Waals surface area contributed by atoms with Crippen molar-refractivity contribution >= 4 is 34.9 Å². The van der Waals surface area contributed by atoms with E-state index in [1.54, 1.807) is 13.8 Å². The summed E-state index contributed by atoms with van der Waals surface area (Å²) >= 11 is 0. The summed E-state index contributed by atoms with van der Waals surface area (Å²) in [5.41, 5.74) is 12.1. The molecule has 0 bridgehead atoms. The molecule has 2 heterocycles. The molecule has 3 aromatic rings. The van der Waals surface area contributed by atoms with Crippen molar-refractivity contribution in [2.45, 2.75) is 26.3 Å². The third-order valence-corrected chi connectivity index (χ3v) is 4.46. The largest absolute Gasteiger partial charge is 0.383 e. The van der Waals surface area contributed by atoms with E-state index in [2.05, 4.69) is 20.7 Å². The molecule has 3 amide bonds. The minimum atomic E-state index is -0.875. The number of nitrogens with zero attached hydrogens (tertiary/aromatic N) is 3. The van der Waals surface area contributed by atoms with E-state index in [4.69, 9.17) is 11.5 Å². The number of anilines is 3. The fraction of sp³-hybridized carbons (Fsp3) is 0.190. The maximum absolute atomic E-state index is 13.0. The summed E-state index contributed by atoms with van der Waals surface area (Å²) in [5, 5.41) is 9.34. The molecule has 166 valence electrons. The van der Waals surface area contributed by atoms with Crippen LogP contribution in [0.15, 0.2) is 42.7 Å². The SMILES string of the molecule is CC(C)n1nc(C(=O)Nc2cncc(NC(=O)Cc3ccc(F)cc3)c2)c(C(N)=O)c1N. The quantitative estimate of drug-likeness (QED) is 0.441. The molecule has 11 heteroatoms. The molecule has 0 spiro atoms. The third-order valence-electron chi connectivity index (χ3n) is 4.46. The second-order valence-corrected chi connectivity index (χ2v) is 7.28. The number of pyridine rings is 1. The predicted molar refractivity (Wildman–Crippen MR) is 116 cm³/mol. The van der Waals surface area contributed by atoms with Crippen LogP contribution in [0.2, 0.25) is 0 Å². The number of benzene rings is 1. The lowest BCUT2D eigenvalue weighted by Gasteiger charge is -2.08. The van der Waals surface area contributed by atoms with E-state index in [9.17, 15) is 18.8 Å². The van der Waals surface area contributed by atoms with Gasteiger partial charge < -0.3 is 22.1 Å². The minimum absolute atomic E-state index is 0.00224. The fourth-order valence-corrected chi connectivity index (χ4v) is 3.00. The number of carbonyl (C=O) groups excluding carboxylic acids is 3. The van der Waals surface area contributed by atoms with E-state index in [-0.39, 0.29) is 46.9 Å². The van der Waals surface area contributed by atoms with Gasteiger partial charge in [0.05, 0.1) is 30.2 Å². The molecule has 0 saturated heterocycles. The summed E-state index contributed by atoms with van der Waals surface area (Å²) in [7, 11) is 0. The number of rotatable bonds is 7. The Bertz CT molecular complexity index is 1170. The predicted octanol–water partition coefficient (Wildman–Crippen LogP) is 2.11. The molecule has 0 fully saturated rings. The summed E-state index contributed by atoms with van der Waals surface area (Å²) in [6, 6.07) is 6.86. The molecule has 0 atom stereocenters. The summed E-state index contributed by atoms with van der Waals surface area (Å²) in [6.07, 6.45) is 2.80. The standard InChI is InChI=1S/C21H22FN7O3/c1-11(2)29-19(23)17(20(24)31)18(28-29)21(32)27-15-8-14(9-25-10-15)26-16(30)7-12-3-5-13(22)6-4-12/h3-6,8-11H,7,23H2,1-2H3,(H2,24,31)(H,26,30)(H,27,32). The van der Waals surface area contributed by atoms with Crippen molar-refractivity contribution in [1.29, 1.82) is 0 Å². The van der Waals surface area contributed by atoms with Gasteiger partial charge in [-0.05, 0) is 37.6 Å². The van der Waals surface area contributed by atoms with E-state index in [0.29, 0.717) is 11.3 Å². The number of carbonyl (C=O) groups is 3. The van der Waals surface area contributed by atoms with Gasteiger partial charge in [0, 0.05) is 6.04 Å². The van der Waals surface area contributed by atoms with Crippen molar-refractivity contribution in [2.75, 3.05) is 16.4 Å². The Kier molecular flexibility index (Phi) is 6.47. The average Bonchev–Trinajstić information content (AvgIpc) is 3.08. The Labute approximate surface area is 182 Å². The smallest absolute Gasteiger partial charge is 0.277 e. The number of halogens is 1. The van der Waals surface area contributed by atoms with Crippen molar-refractivity contribution < 1.29 is 18.8 Å². The van der Waals surface area contributed by atoms with Crippen LogP contribution in [0.1, 0.15) is 46.3 Å². The Balaban J connectivity index is 1.74. The fourth-order valence-electron chi connectivity index (χ4n) is 3.00. The number of aromatic nitrogens is 3. The van der Waals surface area contributed by atoms with E-state index < -0.39 is 11.8 Å². The molecule has 32 heavy (non-hydrogen) atoms. The number of amides is 3. The van der Waals surface area contributed by atoms with Crippen molar-refractivity contribution in [2.24, 2.45) is 5.73 Å². The second kappa shape index (κ2) is 9.25. The number of primary amides is 1. The normalized spacial score (nSPS) is 10.8. The van der Waals surface area contributed by atoms with E-state index >= 15 is 0 Å². The van der Waals surface area contributed by atoms with Gasteiger partial charge in [0.1, 0.15) is 17.2 Å². The third kappa shape index (κ3) is 5.06. The topological polar surface area (TPSA) is 158 Å². The van der Waals surface area contributed by atoms with Crippen LogP contribution in [-0.2, 0) is 11.2 Å². The van der Waals surface area contributed by atoms with Gasteiger partial charge in [-0.15, -0.1) is 0 Å². The molecule has 0 aliphatic carbocycles. The molecule has 6 N–H and O–H groups in total. The lowest BCUT2D eigenvalue weighted by Crippen LogP contribution is -2.21. The molecule has 0 saturated carbocycles. The molecule has 1 aromatic carbocycles. The van der Waals surface area contributed by atoms with E-state index in [1.165, 1.54) is 47.4 Å². The summed E-state index contributed by atoms with van der Waals surface area (Å²) in [5.74, 6) is -2.32. The van der Waals surface area contributed by atoms with Crippen LogP contribution in [0.25, 0.3) is 0 Å². The highest BCUT2D eigenvalue weighted by atomic mass is 19.1. The maximum atomic E-state index is 13.0. The molecular formula is C21H22FN7O3. The number of hydrogen-bond donors (Lipinski definition) is 4. The highest BCUT2D eigenvalue weighted by molar-refractivity contribution is 6.12.